The van der Waals surface area contributed by atoms with E-state index in [9.17, 15) is 22.8 Å². The van der Waals surface area contributed by atoms with Crippen LogP contribution in [0.5, 0.6) is 0 Å². The lowest BCUT2D eigenvalue weighted by Crippen LogP contribution is -2.18. The van der Waals surface area contributed by atoms with Crippen LogP contribution in [0.3, 0.4) is 0 Å². The second-order valence-corrected chi connectivity index (χ2v) is 6.45. The number of para-hydroxylation sites is 1. The minimum Gasteiger partial charge on any atom is -0.480 e. The fourth-order valence-electron chi connectivity index (χ4n) is 2.66. The summed E-state index contributed by atoms with van der Waals surface area (Å²) in [5.41, 5.74) is -0.414. The van der Waals surface area contributed by atoms with E-state index in [2.05, 4.69) is 10.3 Å². The Labute approximate surface area is 165 Å². The summed E-state index contributed by atoms with van der Waals surface area (Å²) in [6, 6.07) is 8.39. The zero-order chi connectivity index (χ0) is 20.6. The van der Waals surface area contributed by atoms with E-state index in [-0.39, 0.29) is 32.3 Å². The number of imidazole rings is 1. The Morgan fingerprint density at radius 2 is 1.71 bits per heavy atom. The molecule has 0 bridgehead atoms. The Balaban J connectivity index is 2.11. The quantitative estimate of drug-likeness (QED) is 0.626. The van der Waals surface area contributed by atoms with Crippen molar-refractivity contribution in [2.45, 2.75) is 12.7 Å². The molecule has 2 aromatic carbocycles. The number of fused-ring (bicyclic) bond motifs is 1. The maximum Gasteiger partial charge on any atom is 0.449 e. The number of benzene rings is 2. The standard InChI is InChI=1S/C17H10Cl2F3N3O3/c18-8-3-1-4-9(19)13(8)15(28)23-10-5-2-6-11-14(10)24-16(17(20,21)22)25(11)7-12(26)27/h1-6H,7H2,(H,23,28)(H,26,27). The van der Waals surface area contributed by atoms with E-state index in [1.807, 2.05) is 0 Å². The molecule has 6 nitrogen and oxygen atoms in total. The highest BCUT2D eigenvalue weighted by atomic mass is 35.5. The molecular weight excluding hydrogens is 422 g/mol. The van der Waals surface area contributed by atoms with Crippen LogP contribution in [-0.2, 0) is 17.5 Å². The normalized spacial score (nSPS) is 11.6. The van der Waals surface area contributed by atoms with Gasteiger partial charge in [-0.05, 0) is 24.3 Å². The summed E-state index contributed by atoms with van der Waals surface area (Å²) >= 11 is 12.0. The third-order valence-electron chi connectivity index (χ3n) is 3.76. The summed E-state index contributed by atoms with van der Waals surface area (Å²) in [5.74, 6) is -3.60. The van der Waals surface area contributed by atoms with Crippen LogP contribution in [0, 0.1) is 0 Å². The van der Waals surface area contributed by atoms with Crippen molar-refractivity contribution in [3.8, 4) is 0 Å². The molecule has 28 heavy (non-hydrogen) atoms. The highest BCUT2D eigenvalue weighted by molar-refractivity contribution is 6.40. The van der Waals surface area contributed by atoms with Gasteiger partial charge in [0.1, 0.15) is 12.1 Å². The number of anilines is 1. The minimum atomic E-state index is -4.89. The molecule has 146 valence electrons. The number of aromatic nitrogens is 2. The molecule has 3 aromatic rings. The number of nitrogens with zero attached hydrogens (tertiary/aromatic N) is 2. The van der Waals surface area contributed by atoms with E-state index in [1.165, 1.54) is 36.4 Å². The SMILES string of the molecule is O=C(O)Cn1c(C(F)(F)F)nc2c(NC(=O)c3c(Cl)cccc3Cl)cccc21. The smallest absolute Gasteiger partial charge is 0.449 e. The molecule has 1 heterocycles. The Hall–Kier alpha value is -2.78. The molecule has 0 fully saturated rings. The topological polar surface area (TPSA) is 84.2 Å². The molecule has 3 rings (SSSR count). The number of carboxylic acid groups (broad SMARTS) is 1. The van der Waals surface area contributed by atoms with Gasteiger partial charge in [-0.15, -0.1) is 0 Å². The first kappa shape index (κ1) is 20.0. The van der Waals surface area contributed by atoms with Crippen LogP contribution >= 0.6 is 23.2 Å². The van der Waals surface area contributed by atoms with Gasteiger partial charge in [0, 0.05) is 0 Å². The van der Waals surface area contributed by atoms with Crippen molar-refractivity contribution >= 4 is 51.8 Å². The van der Waals surface area contributed by atoms with E-state index in [0.717, 1.165) is 0 Å². The summed E-state index contributed by atoms with van der Waals surface area (Å²) in [6.07, 6.45) is -4.89. The molecular formula is C17H10Cl2F3N3O3. The molecule has 0 aliphatic rings. The van der Waals surface area contributed by atoms with E-state index in [0.29, 0.717) is 4.57 Å². The summed E-state index contributed by atoms with van der Waals surface area (Å²) in [4.78, 5) is 27.1. The lowest BCUT2D eigenvalue weighted by Gasteiger charge is -2.10. The van der Waals surface area contributed by atoms with E-state index >= 15 is 0 Å². The number of nitrogens with one attached hydrogen (secondary N) is 1. The fraction of sp³-hybridized carbons (Fsp3) is 0.118. The minimum absolute atomic E-state index is 0.0480. The largest absolute Gasteiger partial charge is 0.480 e. The van der Waals surface area contributed by atoms with Gasteiger partial charge in [0.25, 0.3) is 5.91 Å². The lowest BCUT2D eigenvalue weighted by atomic mass is 10.2. The van der Waals surface area contributed by atoms with E-state index < -0.39 is 30.4 Å². The maximum absolute atomic E-state index is 13.3. The molecule has 0 saturated carbocycles. The van der Waals surface area contributed by atoms with Crippen LogP contribution in [0.2, 0.25) is 10.0 Å². The first-order chi connectivity index (χ1) is 13.1. The predicted octanol–water partition coefficient (Wildman–Crippen LogP) is 4.70. The Bertz CT molecular complexity index is 1080. The van der Waals surface area contributed by atoms with Gasteiger partial charge in [-0.25, -0.2) is 4.98 Å². The van der Waals surface area contributed by atoms with Gasteiger partial charge in [0.2, 0.25) is 5.82 Å². The second-order valence-electron chi connectivity index (χ2n) is 5.64. The summed E-state index contributed by atoms with van der Waals surface area (Å²) < 4.78 is 40.4. The molecule has 0 aliphatic carbocycles. The molecule has 0 radical (unpaired) electrons. The molecule has 2 N–H and O–H groups in total. The van der Waals surface area contributed by atoms with Crippen molar-refractivity contribution in [1.82, 2.24) is 9.55 Å². The van der Waals surface area contributed by atoms with Crippen molar-refractivity contribution in [2.75, 3.05) is 5.32 Å². The van der Waals surface area contributed by atoms with Gasteiger partial charge >= 0.3 is 12.1 Å². The molecule has 1 amide bonds. The molecule has 0 atom stereocenters. The number of hydrogen-bond donors (Lipinski definition) is 2. The molecule has 1 aromatic heterocycles. The summed E-state index contributed by atoms with van der Waals surface area (Å²) in [7, 11) is 0. The highest BCUT2D eigenvalue weighted by Crippen LogP contribution is 2.34. The molecule has 0 aliphatic heterocycles. The Morgan fingerprint density at radius 1 is 1.11 bits per heavy atom. The van der Waals surface area contributed by atoms with Crippen molar-refractivity contribution in [2.24, 2.45) is 0 Å². The Kier molecular flexibility index (Phi) is 5.22. The van der Waals surface area contributed by atoms with Crippen LogP contribution in [0.15, 0.2) is 36.4 Å². The van der Waals surface area contributed by atoms with Gasteiger partial charge in [0.15, 0.2) is 0 Å². The van der Waals surface area contributed by atoms with Crippen LogP contribution < -0.4 is 5.32 Å². The molecule has 0 unspecified atom stereocenters. The average molecular weight is 432 g/mol. The van der Waals surface area contributed by atoms with Crippen molar-refractivity contribution in [1.29, 1.82) is 0 Å². The van der Waals surface area contributed by atoms with Gasteiger partial charge in [-0.2, -0.15) is 13.2 Å². The van der Waals surface area contributed by atoms with Gasteiger partial charge in [-0.3, -0.25) is 9.59 Å². The number of hydrogen-bond acceptors (Lipinski definition) is 3. The average Bonchev–Trinajstić information content (AvgIpc) is 2.94. The zero-order valence-electron chi connectivity index (χ0n) is 13.7. The van der Waals surface area contributed by atoms with Gasteiger partial charge in [-0.1, -0.05) is 35.3 Å². The first-order valence-corrected chi connectivity index (χ1v) is 8.38. The number of aliphatic carboxylic acids is 1. The van der Waals surface area contributed by atoms with Gasteiger partial charge in [0.05, 0.1) is 26.8 Å². The van der Waals surface area contributed by atoms with Crippen molar-refractivity contribution in [3.63, 3.8) is 0 Å². The van der Waals surface area contributed by atoms with Gasteiger partial charge < -0.3 is 15.0 Å². The number of rotatable bonds is 4. The number of carbonyl (C=O) groups is 2. The summed E-state index contributed by atoms with van der Waals surface area (Å²) in [5, 5.41) is 11.5. The number of carboxylic acids is 1. The first-order valence-electron chi connectivity index (χ1n) is 7.63. The van der Waals surface area contributed by atoms with E-state index in [1.54, 1.807) is 0 Å². The number of alkyl halides is 3. The lowest BCUT2D eigenvalue weighted by molar-refractivity contribution is -0.148. The predicted molar refractivity (Wildman–Crippen MR) is 96.8 cm³/mol. The van der Waals surface area contributed by atoms with Crippen molar-refractivity contribution < 1.29 is 27.9 Å². The molecule has 11 heteroatoms. The highest BCUT2D eigenvalue weighted by Gasteiger charge is 2.38. The number of halogens is 5. The van der Waals surface area contributed by atoms with Crippen molar-refractivity contribution in [3.05, 3.63) is 57.8 Å². The molecule has 0 spiro atoms. The van der Waals surface area contributed by atoms with Crippen LogP contribution in [0.4, 0.5) is 18.9 Å². The molecule has 0 saturated heterocycles. The number of amides is 1. The van der Waals surface area contributed by atoms with E-state index in [4.69, 9.17) is 28.3 Å². The Morgan fingerprint density at radius 3 is 2.29 bits per heavy atom. The third-order valence-corrected chi connectivity index (χ3v) is 4.39. The maximum atomic E-state index is 13.3. The van der Waals surface area contributed by atoms with Crippen LogP contribution in [0.1, 0.15) is 16.2 Å². The fourth-order valence-corrected chi connectivity index (χ4v) is 3.23. The van der Waals surface area contributed by atoms with Crippen LogP contribution in [0.25, 0.3) is 11.0 Å². The summed E-state index contributed by atoms with van der Waals surface area (Å²) in [6.45, 7) is -0.945. The third kappa shape index (κ3) is 3.76. The number of carbonyl (C=O) groups excluding carboxylic acids is 1. The van der Waals surface area contributed by atoms with Crippen LogP contribution in [-0.4, -0.2) is 26.5 Å². The zero-order valence-corrected chi connectivity index (χ0v) is 15.2. The monoisotopic (exact) mass is 431 g/mol. The second kappa shape index (κ2) is 7.33.